The topological polar surface area (TPSA) is 38.9 Å². The lowest BCUT2D eigenvalue weighted by molar-refractivity contribution is 0.555. The Bertz CT molecular complexity index is 332. The maximum Gasteiger partial charge on any atom is 0.218 e. The molecule has 0 aromatic carbocycles. The van der Waals surface area contributed by atoms with E-state index in [-0.39, 0.29) is 11.8 Å². The van der Waals surface area contributed by atoms with Gasteiger partial charge in [-0.2, -0.15) is 4.39 Å². The van der Waals surface area contributed by atoms with E-state index in [9.17, 15) is 4.39 Å². The van der Waals surface area contributed by atoms with Gasteiger partial charge < -0.3 is 5.73 Å². The van der Waals surface area contributed by atoms with Gasteiger partial charge >= 0.3 is 0 Å². The highest BCUT2D eigenvalue weighted by Gasteiger charge is 2.16. The number of hydrogen-bond acceptors (Lipinski definition) is 2. The first kappa shape index (κ1) is 11.0. The van der Waals surface area contributed by atoms with Crippen LogP contribution in [0.25, 0.3) is 0 Å². The van der Waals surface area contributed by atoms with Crippen molar-refractivity contribution in [3.63, 3.8) is 0 Å². The Morgan fingerprint density at radius 1 is 1.21 bits per heavy atom. The fourth-order valence-electron chi connectivity index (χ4n) is 1.54. The van der Waals surface area contributed by atoms with Crippen LogP contribution in [0.1, 0.15) is 50.7 Å². The molecular weight excluding hydrogens is 179 g/mol. The van der Waals surface area contributed by atoms with Gasteiger partial charge in [-0.3, -0.25) is 0 Å². The number of nitrogen functional groups attached to an aromatic ring is 1. The number of hydrogen-bond donors (Lipinski definition) is 1. The van der Waals surface area contributed by atoms with Crippen molar-refractivity contribution >= 4 is 5.69 Å². The lowest BCUT2D eigenvalue weighted by Crippen LogP contribution is -2.07. The monoisotopic (exact) mass is 196 g/mol. The maximum absolute atomic E-state index is 13.4. The number of halogens is 1. The summed E-state index contributed by atoms with van der Waals surface area (Å²) >= 11 is 0. The van der Waals surface area contributed by atoms with Crippen molar-refractivity contribution in [1.29, 1.82) is 0 Å². The molecule has 78 valence electrons. The predicted molar refractivity (Wildman–Crippen MR) is 56.8 cm³/mol. The Hall–Kier alpha value is -1.12. The Labute approximate surface area is 84.3 Å². The summed E-state index contributed by atoms with van der Waals surface area (Å²) in [6, 6.07) is 0. The molecule has 14 heavy (non-hydrogen) atoms. The average molecular weight is 196 g/mol. The molecule has 2 nitrogen and oxygen atoms in total. The smallest absolute Gasteiger partial charge is 0.218 e. The lowest BCUT2D eigenvalue weighted by atomic mass is 9.96. The number of nitrogens with two attached hydrogens (primary N) is 1. The Morgan fingerprint density at radius 2 is 1.79 bits per heavy atom. The van der Waals surface area contributed by atoms with E-state index >= 15 is 0 Å². The van der Waals surface area contributed by atoms with E-state index in [4.69, 9.17) is 5.73 Å². The summed E-state index contributed by atoms with van der Waals surface area (Å²) in [6.45, 7) is 7.88. The average Bonchev–Trinajstić information content (AvgIpc) is 2.02. The van der Waals surface area contributed by atoms with Gasteiger partial charge in [0, 0.05) is 17.4 Å². The van der Waals surface area contributed by atoms with Crippen LogP contribution < -0.4 is 5.73 Å². The third-order valence-electron chi connectivity index (χ3n) is 2.34. The molecule has 0 aliphatic heterocycles. The maximum atomic E-state index is 13.4. The second-order valence-electron chi connectivity index (χ2n) is 4.14. The summed E-state index contributed by atoms with van der Waals surface area (Å²) < 4.78 is 13.4. The molecule has 0 unspecified atom stereocenters. The molecule has 0 spiro atoms. The molecular formula is C11H17FN2. The molecule has 0 radical (unpaired) electrons. The van der Waals surface area contributed by atoms with E-state index in [0.717, 1.165) is 5.56 Å². The van der Waals surface area contributed by atoms with Gasteiger partial charge in [0.1, 0.15) is 0 Å². The normalized spacial score (nSPS) is 11.4. The SMILES string of the molecule is CC(C)c1cnc(F)c(C(C)C)c1N. The molecule has 0 saturated heterocycles. The predicted octanol–water partition coefficient (Wildman–Crippen LogP) is 3.05. The summed E-state index contributed by atoms with van der Waals surface area (Å²) in [5.74, 6) is -0.0938. The molecule has 0 aliphatic carbocycles. The Balaban J connectivity index is 3.34. The van der Waals surface area contributed by atoms with Gasteiger partial charge in [-0.25, -0.2) is 4.98 Å². The minimum atomic E-state index is -0.443. The third kappa shape index (κ3) is 1.86. The van der Waals surface area contributed by atoms with E-state index in [1.807, 2.05) is 27.7 Å². The van der Waals surface area contributed by atoms with Crippen molar-refractivity contribution in [3.05, 3.63) is 23.3 Å². The van der Waals surface area contributed by atoms with Crippen LogP contribution >= 0.6 is 0 Å². The van der Waals surface area contributed by atoms with Gasteiger partial charge in [0.2, 0.25) is 5.95 Å². The van der Waals surface area contributed by atoms with Crippen molar-refractivity contribution < 1.29 is 4.39 Å². The van der Waals surface area contributed by atoms with Crippen LogP contribution in [0.2, 0.25) is 0 Å². The van der Waals surface area contributed by atoms with Crippen molar-refractivity contribution in [1.82, 2.24) is 4.98 Å². The van der Waals surface area contributed by atoms with Gasteiger partial charge in [0.15, 0.2) is 0 Å². The minimum absolute atomic E-state index is 0.0706. The molecule has 0 bridgehead atoms. The van der Waals surface area contributed by atoms with Crippen LogP contribution in [0, 0.1) is 5.95 Å². The molecule has 1 rings (SSSR count). The fraction of sp³-hybridized carbons (Fsp3) is 0.545. The van der Waals surface area contributed by atoms with Crippen LogP contribution in [0.4, 0.5) is 10.1 Å². The molecule has 2 N–H and O–H groups in total. The van der Waals surface area contributed by atoms with E-state index in [2.05, 4.69) is 4.98 Å². The first-order valence-corrected chi connectivity index (χ1v) is 4.88. The van der Waals surface area contributed by atoms with Gasteiger partial charge in [-0.05, 0) is 17.4 Å². The highest BCUT2D eigenvalue weighted by molar-refractivity contribution is 5.54. The second kappa shape index (κ2) is 3.95. The minimum Gasteiger partial charge on any atom is -0.398 e. The summed E-state index contributed by atoms with van der Waals surface area (Å²) in [6.07, 6.45) is 1.53. The van der Waals surface area contributed by atoms with Crippen LogP contribution in [0.3, 0.4) is 0 Å². The van der Waals surface area contributed by atoms with Gasteiger partial charge in [0.25, 0.3) is 0 Å². The van der Waals surface area contributed by atoms with E-state index in [1.165, 1.54) is 6.20 Å². The standard InChI is InChI=1S/C11H17FN2/c1-6(2)8-5-14-11(12)9(7(3)4)10(8)13/h5-7H,1-4H3,(H2,13,14). The quantitative estimate of drug-likeness (QED) is 0.738. The largest absolute Gasteiger partial charge is 0.398 e. The molecule has 0 amide bonds. The number of anilines is 1. The molecule has 1 aromatic heterocycles. The van der Waals surface area contributed by atoms with Crippen molar-refractivity contribution in [2.45, 2.75) is 39.5 Å². The van der Waals surface area contributed by atoms with Crippen LogP contribution in [0.15, 0.2) is 6.20 Å². The van der Waals surface area contributed by atoms with Gasteiger partial charge in [-0.1, -0.05) is 27.7 Å². The lowest BCUT2D eigenvalue weighted by Gasteiger charge is -2.15. The highest BCUT2D eigenvalue weighted by Crippen LogP contribution is 2.30. The molecule has 1 heterocycles. The van der Waals surface area contributed by atoms with E-state index in [0.29, 0.717) is 11.3 Å². The van der Waals surface area contributed by atoms with Gasteiger partial charge in [0.05, 0.1) is 0 Å². The molecule has 0 atom stereocenters. The molecule has 1 aromatic rings. The summed E-state index contributed by atoms with van der Waals surface area (Å²) in [5, 5.41) is 0. The molecule has 0 saturated carbocycles. The Morgan fingerprint density at radius 3 is 2.21 bits per heavy atom. The zero-order valence-electron chi connectivity index (χ0n) is 9.13. The second-order valence-corrected chi connectivity index (χ2v) is 4.14. The van der Waals surface area contributed by atoms with Gasteiger partial charge in [-0.15, -0.1) is 0 Å². The molecule has 0 aliphatic rings. The number of pyridine rings is 1. The summed E-state index contributed by atoms with van der Waals surface area (Å²) in [4.78, 5) is 3.74. The van der Waals surface area contributed by atoms with Crippen molar-refractivity contribution in [2.75, 3.05) is 5.73 Å². The number of rotatable bonds is 2. The first-order chi connectivity index (χ1) is 6.45. The zero-order valence-corrected chi connectivity index (χ0v) is 9.13. The Kier molecular flexibility index (Phi) is 3.09. The van der Waals surface area contributed by atoms with Crippen LogP contribution in [-0.4, -0.2) is 4.98 Å². The van der Waals surface area contributed by atoms with Crippen molar-refractivity contribution in [2.24, 2.45) is 0 Å². The summed E-state index contributed by atoms with van der Waals surface area (Å²) in [5.41, 5.74) is 7.93. The zero-order chi connectivity index (χ0) is 10.9. The van der Waals surface area contributed by atoms with E-state index in [1.54, 1.807) is 0 Å². The van der Waals surface area contributed by atoms with E-state index < -0.39 is 5.95 Å². The highest BCUT2D eigenvalue weighted by atomic mass is 19.1. The molecule has 0 fully saturated rings. The van der Waals surface area contributed by atoms with Crippen molar-refractivity contribution in [3.8, 4) is 0 Å². The first-order valence-electron chi connectivity index (χ1n) is 4.88. The molecule has 3 heteroatoms. The number of nitrogens with zero attached hydrogens (tertiary/aromatic N) is 1. The van der Waals surface area contributed by atoms with Crippen LogP contribution in [0.5, 0.6) is 0 Å². The fourth-order valence-corrected chi connectivity index (χ4v) is 1.54. The third-order valence-corrected chi connectivity index (χ3v) is 2.34. The van der Waals surface area contributed by atoms with Crippen LogP contribution in [-0.2, 0) is 0 Å². The summed E-state index contributed by atoms with van der Waals surface area (Å²) in [7, 11) is 0. The number of aromatic nitrogens is 1.